The van der Waals surface area contributed by atoms with E-state index in [1.54, 1.807) is 18.8 Å². The Morgan fingerprint density at radius 1 is 1.20 bits per heavy atom. The minimum atomic E-state index is -4.80. The predicted molar refractivity (Wildman–Crippen MR) is 187 cm³/mol. The third-order valence-electron chi connectivity index (χ3n) is 10.7. The van der Waals surface area contributed by atoms with Crippen LogP contribution in [0.4, 0.5) is 37.8 Å². The molecule has 11 nitrogen and oxygen atoms in total. The zero-order chi connectivity index (χ0) is 38.7. The molecule has 3 atom stereocenters. The fourth-order valence-electron chi connectivity index (χ4n) is 8.26. The van der Waals surface area contributed by atoms with E-state index in [9.17, 15) is 31.1 Å². The molecule has 4 aliphatic rings. The number of ether oxygens (including phenoxy) is 2. The van der Waals surface area contributed by atoms with Crippen LogP contribution in [0.25, 0.3) is 0 Å². The summed E-state index contributed by atoms with van der Waals surface area (Å²) < 4.78 is 97.5. The zero-order valence-electron chi connectivity index (χ0n) is 29.8. The minimum Gasteiger partial charge on any atom is -0.461 e. The molecule has 2 N–H and O–H groups in total. The molecule has 0 saturated carbocycles. The van der Waals surface area contributed by atoms with Crippen LogP contribution < -0.4 is 15.4 Å². The van der Waals surface area contributed by atoms with E-state index in [1.165, 1.54) is 11.0 Å². The van der Waals surface area contributed by atoms with Crippen LogP contribution in [0, 0.1) is 12.8 Å². The summed E-state index contributed by atoms with van der Waals surface area (Å²) in [6, 6.07) is 2.16. The van der Waals surface area contributed by atoms with Gasteiger partial charge in [0, 0.05) is 63.5 Å². The Hall–Kier alpha value is -4.35. The number of fused-ring (bicyclic) bond motifs is 3. The lowest BCUT2D eigenvalue weighted by atomic mass is 9.89. The SMILES string of the molecule is Cc1c(C(=O)N(C)C)nn2c1CN(c1nc(OC[C@]34C/C(=C/F)CN3C[C@@H](C=C(F)F)C4)nc3c1COC(c1cc(N)cc(Cl)c1C(F)(F)F)C3)CCC2. The number of rotatable bonds is 7. The van der Waals surface area contributed by atoms with Gasteiger partial charge >= 0.3 is 12.2 Å². The fourth-order valence-corrected chi connectivity index (χ4v) is 8.60. The highest BCUT2D eigenvalue weighted by Gasteiger charge is 2.51. The molecule has 0 aliphatic carbocycles. The van der Waals surface area contributed by atoms with E-state index in [-0.39, 0.29) is 68.7 Å². The number of aryl methyl sites for hydroxylation is 1. The lowest BCUT2D eigenvalue weighted by Crippen LogP contribution is -2.43. The number of halogens is 7. The molecule has 290 valence electrons. The fraction of sp³-hybridized carbons (Fsp3) is 0.500. The summed E-state index contributed by atoms with van der Waals surface area (Å²) in [6.45, 7) is 3.50. The van der Waals surface area contributed by atoms with Gasteiger partial charge in [-0.3, -0.25) is 14.4 Å². The van der Waals surface area contributed by atoms with Crippen molar-refractivity contribution >= 4 is 29.0 Å². The minimum absolute atomic E-state index is 0.0351. The number of carbonyl (C=O) groups excluding carboxylic acids is 1. The van der Waals surface area contributed by atoms with Gasteiger partial charge in [0.25, 0.3) is 12.0 Å². The molecule has 3 aromatic rings. The first-order valence-corrected chi connectivity index (χ1v) is 17.8. The summed E-state index contributed by atoms with van der Waals surface area (Å²) in [5.41, 5.74) is 7.17. The molecular weight excluding hydrogens is 742 g/mol. The van der Waals surface area contributed by atoms with Crippen molar-refractivity contribution in [1.29, 1.82) is 0 Å². The topological polar surface area (TPSA) is 115 Å². The number of nitrogens with zero attached hydrogens (tertiary/aromatic N) is 7. The first-order valence-electron chi connectivity index (χ1n) is 17.5. The Morgan fingerprint density at radius 3 is 2.69 bits per heavy atom. The number of hydrogen-bond acceptors (Lipinski definition) is 9. The van der Waals surface area contributed by atoms with Crippen molar-refractivity contribution in [2.24, 2.45) is 5.92 Å². The summed E-state index contributed by atoms with van der Waals surface area (Å²) in [5.74, 6) is -0.277. The van der Waals surface area contributed by atoms with Crippen LogP contribution in [0.5, 0.6) is 6.01 Å². The largest absolute Gasteiger partial charge is 0.461 e. The molecular formula is C36H39ClF6N8O3. The Bertz CT molecular complexity index is 2030. The van der Waals surface area contributed by atoms with Crippen molar-refractivity contribution < 1.29 is 40.6 Å². The van der Waals surface area contributed by atoms with Crippen molar-refractivity contribution in [3.05, 3.63) is 80.6 Å². The van der Waals surface area contributed by atoms with Crippen molar-refractivity contribution in [3.63, 3.8) is 0 Å². The van der Waals surface area contributed by atoms with Crippen molar-refractivity contribution in [2.75, 3.05) is 51.0 Å². The number of hydrogen-bond donors (Lipinski definition) is 1. The van der Waals surface area contributed by atoms with Gasteiger partial charge in [-0.1, -0.05) is 11.6 Å². The highest BCUT2D eigenvalue weighted by molar-refractivity contribution is 6.31. The van der Waals surface area contributed by atoms with Crippen LogP contribution in [0.3, 0.4) is 0 Å². The summed E-state index contributed by atoms with van der Waals surface area (Å²) in [4.78, 5) is 27.8. The maximum atomic E-state index is 14.3. The second-order valence-electron chi connectivity index (χ2n) is 14.6. The molecule has 6 heterocycles. The van der Waals surface area contributed by atoms with Crippen LogP contribution in [-0.2, 0) is 37.0 Å². The number of aromatic nitrogens is 4. The second-order valence-corrected chi connectivity index (χ2v) is 15.0. The zero-order valence-corrected chi connectivity index (χ0v) is 30.6. The molecule has 18 heteroatoms. The average Bonchev–Trinajstić information content (AvgIpc) is 3.65. The third-order valence-corrected chi connectivity index (χ3v) is 11.0. The normalized spacial score (nSPS) is 23.5. The number of carbonyl (C=O) groups is 1. The van der Waals surface area contributed by atoms with Crippen molar-refractivity contribution in [1.82, 2.24) is 29.5 Å². The standard InChI is InChI=1S/C36H39ClF6N8O3/c1-19-27-16-49(5-4-6-51(27)47-31(19)33(52)48(2)3)32-24-17-53-28(23-8-22(44)9-25(37)30(23)36(41,42)43)10-26(24)45-34(46-32)54-18-35-11-20(7-29(39)40)14-50(35)15-21(12-35)13-38/h7-9,13,20,28H,4-6,10-12,14-18,44H2,1-3H3/b21-13-/t20-,28?,35-/m0/s1. The quantitative estimate of drug-likeness (QED) is 0.208. The van der Waals surface area contributed by atoms with Crippen molar-refractivity contribution in [2.45, 2.75) is 70.1 Å². The van der Waals surface area contributed by atoms with E-state index < -0.39 is 40.4 Å². The Balaban J connectivity index is 1.27. The van der Waals surface area contributed by atoms with Crippen LogP contribution in [-0.4, -0.2) is 81.3 Å². The molecule has 0 bridgehead atoms. The number of alkyl halides is 3. The first kappa shape index (κ1) is 37.9. The van der Waals surface area contributed by atoms with Crippen LogP contribution in [0.2, 0.25) is 5.02 Å². The second kappa shape index (κ2) is 14.4. The summed E-state index contributed by atoms with van der Waals surface area (Å²) in [5, 5.41) is 4.05. The molecule has 1 aromatic carbocycles. The predicted octanol–water partition coefficient (Wildman–Crippen LogP) is 6.64. The Labute approximate surface area is 312 Å². The molecule has 4 aliphatic heterocycles. The van der Waals surface area contributed by atoms with E-state index >= 15 is 0 Å². The summed E-state index contributed by atoms with van der Waals surface area (Å²) in [6.07, 6.45) is -5.21. The van der Waals surface area contributed by atoms with Crippen LogP contribution in [0.1, 0.15) is 69.5 Å². The number of benzene rings is 1. The highest BCUT2D eigenvalue weighted by atomic mass is 35.5. The average molecular weight is 781 g/mol. The molecule has 0 radical (unpaired) electrons. The van der Waals surface area contributed by atoms with Gasteiger partial charge in [0.1, 0.15) is 12.4 Å². The monoisotopic (exact) mass is 780 g/mol. The summed E-state index contributed by atoms with van der Waals surface area (Å²) >= 11 is 6.09. The molecule has 2 saturated heterocycles. The van der Waals surface area contributed by atoms with E-state index in [0.717, 1.165) is 17.8 Å². The molecule has 1 unspecified atom stereocenters. The molecule has 2 fully saturated rings. The highest BCUT2D eigenvalue weighted by Crippen LogP contribution is 2.47. The Kier molecular flexibility index (Phi) is 10.1. The van der Waals surface area contributed by atoms with Gasteiger partial charge < -0.3 is 25.0 Å². The lowest BCUT2D eigenvalue weighted by Gasteiger charge is -2.33. The van der Waals surface area contributed by atoms with Gasteiger partial charge in [0.15, 0.2) is 5.69 Å². The van der Waals surface area contributed by atoms with Gasteiger partial charge in [-0.15, -0.1) is 0 Å². The number of nitrogen functional groups attached to an aromatic ring is 1. The number of anilines is 2. The molecule has 0 spiro atoms. The molecule has 1 amide bonds. The van der Waals surface area contributed by atoms with Gasteiger partial charge in [-0.05, 0) is 61.4 Å². The van der Waals surface area contributed by atoms with Gasteiger partial charge in [-0.2, -0.15) is 37.0 Å². The maximum Gasteiger partial charge on any atom is 0.418 e. The van der Waals surface area contributed by atoms with E-state index in [1.807, 2.05) is 16.7 Å². The van der Waals surface area contributed by atoms with Crippen molar-refractivity contribution in [3.8, 4) is 6.01 Å². The number of nitrogens with two attached hydrogens (primary N) is 1. The van der Waals surface area contributed by atoms with Gasteiger partial charge in [-0.25, -0.2) is 4.39 Å². The Morgan fingerprint density at radius 2 is 1.98 bits per heavy atom. The third kappa shape index (κ3) is 7.12. The molecule has 2 aromatic heterocycles. The number of amides is 1. The van der Waals surface area contributed by atoms with Crippen LogP contribution in [0.15, 0.2) is 36.2 Å². The maximum absolute atomic E-state index is 14.3. The van der Waals surface area contributed by atoms with E-state index in [0.29, 0.717) is 66.3 Å². The van der Waals surface area contributed by atoms with Gasteiger partial charge in [0.05, 0.1) is 53.1 Å². The van der Waals surface area contributed by atoms with E-state index in [4.69, 9.17) is 36.8 Å². The van der Waals surface area contributed by atoms with E-state index in [2.05, 4.69) is 5.10 Å². The lowest BCUT2D eigenvalue weighted by molar-refractivity contribution is -0.139. The summed E-state index contributed by atoms with van der Waals surface area (Å²) in [7, 11) is 3.30. The van der Waals surface area contributed by atoms with Crippen LogP contribution >= 0.6 is 11.6 Å². The molecule has 54 heavy (non-hydrogen) atoms. The first-order chi connectivity index (χ1) is 25.6. The molecule has 7 rings (SSSR count). The smallest absolute Gasteiger partial charge is 0.418 e. The van der Waals surface area contributed by atoms with Gasteiger partial charge in [0.2, 0.25) is 0 Å².